The quantitative estimate of drug-likeness (QED) is 0.598. The van der Waals surface area contributed by atoms with Crippen LogP contribution in [0.2, 0.25) is 0 Å². The SMILES string of the molecule is COc1ccc2c(c1)OC(=O)C2c1ccccc1. The minimum absolute atomic E-state index is 0.232. The van der Waals surface area contributed by atoms with E-state index in [9.17, 15) is 4.79 Å². The Kier molecular flexibility index (Phi) is 2.52. The fraction of sp³-hybridized carbons (Fsp3) is 0.133. The average Bonchev–Trinajstić information content (AvgIpc) is 2.74. The lowest BCUT2D eigenvalue weighted by Gasteiger charge is -2.07. The predicted octanol–water partition coefficient (Wildman–Crippen LogP) is 2.75. The summed E-state index contributed by atoms with van der Waals surface area (Å²) in [7, 11) is 1.59. The maximum atomic E-state index is 12.0. The van der Waals surface area contributed by atoms with Crippen molar-refractivity contribution in [3.63, 3.8) is 0 Å². The molecule has 90 valence electrons. The van der Waals surface area contributed by atoms with Gasteiger partial charge in [-0.3, -0.25) is 4.79 Å². The number of benzene rings is 2. The zero-order chi connectivity index (χ0) is 12.5. The molecule has 0 radical (unpaired) electrons. The summed E-state index contributed by atoms with van der Waals surface area (Å²) in [6.45, 7) is 0. The van der Waals surface area contributed by atoms with Crippen molar-refractivity contribution in [2.24, 2.45) is 0 Å². The molecule has 0 saturated carbocycles. The second-order valence-corrected chi connectivity index (χ2v) is 4.17. The van der Waals surface area contributed by atoms with Crippen molar-refractivity contribution < 1.29 is 14.3 Å². The maximum Gasteiger partial charge on any atom is 0.323 e. The zero-order valence-electron chi connectivity index (χ0n) is 9.92. The van der Waals surface area contributed by atoms with E-state index in [1.165, 1.54) is 0 Å². The van der Waals surface area contributed by atoms with Crippen LogP contribution in [0.1, 0.15) is 17.0 Å². The topological polar surface area (TPSA) is 35.5 Å². The monoisotopic (exact) mass is 240 g/mol. The van der Waals surface area contributed by atoms with E-state index in [1.807, 2.05) is 42.5 Å². The lowest BCUT2D eigenvalue weighted by atomic mass is 9.93. The number of rotatable bonds is 2. The van der Waals surface area contributed by atoms with E-state index in [0.29, 0.717) is 11.5 Å². The van der Waals surface area contributed by atoms with Gasteiger partial charge in [-0.25, -0.2) is 0 Å². The van der Waals surface area contributed by atoms with Crippen LogP contribution in [0.25, 0.3) is 0 Å². The molecule has 1 aliphatic rings. The number of esters is 1. The highest BCUT2D eigenvalue weighted by Crippen LogP contribution is 2.40. The van der Waals surface area contributed by atoms with Crippen LogP contribution in [0.3, 0.4) is 0 Å². The summed E-state index contributed by atoms with van der Waals surface area (Å²) < 4.78 is 10.4. The van der Waals surface area contributed by atoms with E-state index in [2.05, 4.69) is 0 Å². The van der Waals surface area contributed by atoms with Crippen molar-refractivity contribution in [2.45, 2.75) is 5.92 Å². The van der Waals surface area contributed by atoms with Crippen LogP contribution < -0.4 is 9.47 Å². The van der Waals surface area contributed by atoms with Crippen LogP contribution in [-0.2, 0) is 4.79 Å². The van der Waals surface area contributed by atoms with Gasteiger partial charge in [0, 0.05) is 11.6 Å². The van der Waals surface area contributed by atoms with E-state index in [4.69, 9.17) is 9.47 Å². The molecular weight excluding hydrogens is 228 g/mol. The van der Waals surface area contributed by atoms with E-state index in [1.54, 1.807) is 13.2 Å². The minimum Gasteiger partial charge on any atom is -0.497 e. The van der Waals surface area contributed by atoms with Gasteiger partial charge in [0.05, 0.1) is 7.11 Å². The molecule has 3 nitrogen and oxygen atoms in total. The second kappa shape index (κ2) is 4.18. The minimum atomic E-state index is -0.327. The Morgan fingerprint density at radius 2 is 1.89 bits per heavy atom. The van der Waals surface area contributed by atoms with Crippen LogP contribution in [0.4, 0.5) is 0 Å². The molecule has 0 saturated heterocycles. The molecule has 0 amide bonds. The van der Waals surface area contributed by atoms with Crippen LogP contribution in [0.15, 0.2) is 48.5 Å². The van der Waals surface area contributed by atoms with Crippen molar-refractivity contribution in [2.75, 3.05) is 7.11 Å². The number of hydrogen-bond donors (Lipinski definition) is 0. The Labute approximate surface area is 105 Å². The molecule has 18 heavy (non-hydrogen) atoms. The van der Waals surface area contributed by atoms with Crippen molar-refractivity contribution in [3.8, 4) is 11.5 Å². The van der Waals surface area contributed by atoms with Gasteiger partial charge in [-0.2, -0.15) is 0 Å². The third kappa shape index (κ3) is 1.64. The molecule has 0 fully saturated rings. The lowest BCUT2D eigenvalue weighted by Crippen LogP contribution is -2.11. The molecule has 1 aliphatic heterocycles. The van der Waals surface area contributed by atoms with E-state index < -0.39 is 0 Å². The largest absolute Gasteiger partial charge is 0.497 e. The Bertz CT molecular complexity index is 590. The van der Waals surface area contributed by atoms with Gasteiger partial charge >= 0.3 is 5.97 Å². The fourth-order valence-electron chi connectivity index (χ4n) is 2.22. The third-order valence-electron chi connectivity index (χ3n) is 3.11. The standard InChI is InChI=1S/C15H12O3/c1-17-11-7-8-12-13(9-11)18-15(16)14(12)10-5-3-2-4-6-10/h2-9,14H,1H3. The van der Waals surface area contributed by atoms with Gasteiger partial charge in [0.1, 0.15) is 17.4 Å². The molecular formula is C15H12O3. The zero-order valence-corrected chi connectivity index (χ0v) is 9.92. The fourth-order valence-corrected chi connectivity index (χ4v) is 2.22. The van der Waals surface area contributed by atoms with E-state index in [-0.39, 0.29) is 11.9 Å². The molecule has 1 atom stereocenters. The number of ether oxygens (including phenoxy) is 2. The normalized spacial score (nSPS) is 17.2. The van der Waals surface area contributed by atoms with Gasteiger partial charge in [-0.05, 0) is 11.6 Å². The average molecular weight is 240 g/mol. The highest BCUT2D eigenvalue weighted by atomic mass is 16.5. The first-order chi connectivity index (χ1) is 8.79. The number of carbonyl (C=O) groups is 1. The molecule has 0 aliphatic carbocycles. The molecule has 2 aromatic rings. The van der Waals surface area contributed by atoms with Crippen LogP contribution in [0, 0.1) is 0 Å². The molecule has 3 heteroatoms. The van der Waals surface area contributed by atoms with Crippen molar-refractivity contribution in [1.29, 1.82) is 0 Å². The highest BCUT2D eigenvalue weighted by molar-refractivity contribution is 5.89. The smallest absolute Gasteiger partial charge is 0.323 e. The van der Waals surface area contributed by atoms with Crippen molar-refractivity contribution in [1.82, 2.24) is 0 Å². The Balaban J connectivity index is 2.07. The van der Waals surface area contributed by atoms with Crippen LogP contribution in [-0.4, -0.2) is 13.1 Å². The summed E-state index contributed by atoms with van der Waals surface area (Å²) >= 11 is 0. The van der Waals surface area contributed by atoms with Gasteiger partial charge in [0.2, 0.25) is 0 Å². The second-order valence-electron chi connectivity index (χ2n) is 4.17. The van der Waals surface area contributed by atoms with Gasteiger partial charge in [0.25, 0.3) is 0 Å². The van der Waals surface area contributed by atoms with Crippen molar-refractivity contribution in [3.05, 3.63) is 59.7 Å². The summed E-state index contributed by atoms with van der Waals surface area (Å²) in [5, 5.41) is 0. The molecule has 2 aromatic carbocycles. The summed E-state index contributed by atoms with van der Waals surface area (Å²) in [6, 6.07) is 15.1. The maximum absolute atomic E-state index is 12.0. The van der Waals surface area contributed by atoms with Crippen LogP contribution in [0.5, 0.6) is 11.5 Å². The predicted molar refractivity (Wildman–Crippen MR) is 66.9 cm³/mol. The first-order valence-electron chi connectivity index (χ1n) is 5.74. The summed E-state index contributed by atoms with van der Waals surface area (Å²) in [5.41, 5.74) is 1.85. The molecule has 3 rings (SSSR count). The molecule has 0 spiro atoms. The molecule has 1 heterocycles. The van der Waals surface area contributed by atoms with Gasteiger partial charge in [-0.1, -0.05) is 36.4 Å². The Hall–Kier alpha value is -2.29. The lowest BCUT2D eigenvalue weighted by molar-refractivity contribution is -0.133. The van der Waals surface area contributed by atoms with Gasteiger partial charge in [0.15, 0.2) is 0 Å². The summed E-state index contributed by atoms with van der Waals surface area (Å²) in [6.07, 6.45) is 0. The first kappa shape index (κ1) is 10.8. The number of methoxy groups -OCH3 is 1. The number of hydrogen-bond acceptors (Lipinski definition) is 3. The molecule has 0 bridgehead atoms. The number of carbonyl (C=O) groups excluding carboxylic acids is 1. The molecule has 0 aromatic heterocycles. The van der Waals surface area contributed by atoms with E-state index in [0.717, 1.165) is 11.1 Å². The summed E-state index contributed by atoms with van der Waals surface area (Å²) in [4.78, 5) is 12.0. The molecule has 1 unspecified atom stereocenters. The summed E-state index contributed by atoms with van der Waals surface area (Å²) in [5.74, 6) is 0.722. The van der Waals surface area contributed by atoms with Crippen molar-refractivity contribution >= 4 is 5.97 Å². The van der Waals surface area contributed by atoms with Gasteiger partial charge < -0.3 is 9.47 Å². The Morgan fingerprint density at radius 1 is 1.11 bits per heavy atom. The first-order valence-corrected chi connectivity index (χ1v) is 5.74. The molecule has 0 N–H and O–H groups in total. The number of fused-ring (bicyclic) bond motifs is 1. The van der Waals surface area contributed by atoms with Crippen LogP contribution >= 0.6 is 0 Å². The third-order valence-corrected chi connectivity index (χ3v) is 3.11. The highest BCUT2D eigenvalue weighted by Gasteiger charge is 2.34. The van der Waals surface area contributed by atoms with E-state index >= 15 is 0 Å². The van der Waals surface area contributed by atoms with Gasteiger partial charge in [-0.15, -0.1) is 0 Å². The Morgan fingerprint density at radius 3 is 2.61 bits per heavy atom.